The number of aliphatic imine (C=N–C) groups is 2. The summed E-state index contributed by atoms with van der Waals surface area (Å²) in [7, 11) is 0. The molecule has 0 heterocycles. The van der Waals surface area contributed by atoms with Crippen LogP contribution in [0.25, 0.3) is 0 Å². The molecule has 4 heteroatoms. The maximum absolute atomic E-state index is 9.65. The second-order valence-corrected chi connectivity index (χ2v) is 1.92. The first-order valence-electron chi connectivity index (χ1n) is 2.35. The monoisotopic (exact) mass is 125 g/mol. The van der Waals surface area contributed by atoms with E-state index in [1.165, 1.54) is 6.08 Å². The zero-order valence-corrected chi connectivity index (χ0v) is 5.30. The topological polar surface area (TPSA) is 65.6 Å². The van der Waals surface area contributed by atoms with Gasteiger partial charge in [0, 0.05) is 0 Å². The van der Waals surface area contributed by atoms with Gasteiger partial charge in [-0.1, -0.05) is 0 Å². The maximum Gasteiger partial charge on any atom is 0.237 e. The lowest BCUT2D eigenvalue weighted by atomic mass is 10.3. The lowest BCUT2D eigenvalue weighted by Gasteiger charge is -2.05. The molecule has 0 aliphatic rings. The van der Waals surface area contributed by atoms with E-state index >= 15 is 0 Å². The van der Waals surface area contributed by atoms with Crippen molar-refractivity contribution in [2.24, 2.45) is 9.98 Å². The van der Waals surface area contributed by atoms with Gasteiger partial charge in [0.1, 0.15) is 0 Å². The summed E-state index contributed by atoms with van der Waals surface area (Å²) in [5.74, 6) is 0. The second-order valence-electron chi connectivity index (χ2n) is 1.92. The molecule has 48 valence electrons. The molecule has 0 radical (unpaired) electrons. The van der Waals surface area contributed by atoms with Crippen LogP contribution in [0.2, 0.25) is 0 Å². The van der Waals surface area contributed by atoms with Gasteiger partial charge in [-0.25, -0.2) is 10.2 Å². The summed E-state index contributed by atoms with van der Waals surface area (Å²) in [6.45, 7) is 3.17. The van der Waals surface area contributed by atoms with Crippen LogP contribution >= 0.6 is 0 Å². The Morgan fingerprint density at radius 3 is 2.33 bits per heavy atom. The minimum absolute atomic E-state index is 0.872. The van der Waals surface area contributed by atoms with Gasteiger partial charge in [0.05, 0.1) is 6.01 Å². The van der Waals surface area contributed by atoms with Crippen LogP contribution in [0.1, 0.15) is 13.8 Å². The Kier molecular flexibility index (Phi) is 2.52. The third kappa shape index (κ3) is 3.35. The van der Waals surface area contributed by atoms with E-state index in [9.17, 15) is 4.79 Å². The van der Waals surface area contributed by atoms with Crippen LogP contribution in [0.4, 0.5) is 0 Å². The fraction of sp³-hybridized carbons (Fsp3) is 0.600. The van der Waals surface area contributed by atoms with Gasteiger partial charge in [0.15, 0.2) is 5.66 Å². The van der Waals surface area contributed by atoms with Crippen molar-refractivity contribution in [3.05, 3.63) is 0 Å². The molecule has 0 saturated carbocycles. The van der Waals surface area contributed by atoms with E-state index in [4.69, 9.17) is 5.41 Å². The van der Waals surface area contributed by atoms with Gasteiger partial charge in [0.25, 0.3) is 0 Å². The van der Waals surface area contributed by atoms with E-state index in [1.54, 1.807) is 19.9 Å². The standard InChI is InChI=1S/C5H7N3O/c1-5(2,7-3-6)8-4-9/h6H,1-2H3. The molecule has 0 spiro atoms. The van der Waals surface area contributed by atoms with E-state index in [0.29, 0.717) is 0 Å². The molecule has 0 rings (SSSR count). The molecular formula is C5H7N3O. The van der Waals surface area contributed by atoms with Crippen molar-refractivity contribution in [2.75, 3.05) is 0 Å². The molecule has 0 aliphatic heterocycles. The van der Waals surface area contributed by atoms with Gasteiger partial charge >= 0.3 is 0 Å². The molecule has 4 nitrogen and oxygen atoms in total. The highest BCUT2D eigenvalue weighted by Gasteiger charge is 2.11. The summed E-state index contributed by atoms with van der Waals surface area (Å²) < 4.78 is 0. The van der Waals surface area contributed by atoms with Crippen molar-refractivity contribution >= 4 is 12.1 Å². The van der Waals surface area contributed by atoms with Crippen molar-refractivity contribution in [3.63, 3.8) is 0 Å². The van der Waals surface area contributed by atoms with Crippen LogP contribution in [0.3, 0.4) is 0 Å². The molecule has 0 amide bonds. The third-order valence-electron chi connectivity index (χ3n) is 0.649. The van der Waals surface area contributed by atoms with E-state index in [0.717, 1.165) is 0 Å². The van der Waals surface area contributed by atoms with E-state index in [1.807, 2.05) is 0 Å². The Balaban J connectivity index is 4.36. The minimum atomic E-state index is -0.872. The van der Waals surface area contributed by atoms with Crippen LogP contribution in [0, 0.1) is 5.41 Å². The molecule has 0 aromatic heterocycles. The van der Waals surface area contributed by atoms with E-state index in [2.05, 4.69) is 9.98 Å². The zero-order chi connectivity index (χ0) is 7.33. The van der Waals surface area contributed by atoms with Crippen LogP contribution in [-0.4, -0.2) is 17.8 Å². The Morgan fingerprint density at radius 2 is 2.00 bits per heavy atom. The molecule has 0 aromatic carbocycles. The first-order valence-corrected chi connectivity index (χ1v) is 2.35. The van der Waals surface area contributed by atoms with Crippen molar-refractivity contribution < 1.29 is 4.79 Å². The van der Waals surface area contributed by atoms with Crippen LogP contribution < -0.4 is 0 Å². The zero-order valence-electron chi connectivity index (χ0n) is 5.30. The number of isocyanates is 1. The van der Waals surface area contributed by atoms with Crippen LogP contribution in [-0.2, 0) is 4.79 Å². The van der Waals surface area contributed by atoms with Crippen LogP contribution in [0.15, 0.2) is 9.98 Å². The predicted molar refractivity (Wildman–Crippen MR) is 32.4 cm³/mol. The summed E-state index contributed by atoms with van der Waals surface area (Å²) >= 11 is 0. The second kappa shape index (κ2) is 2.92. The number of carbonyl (C=O) groups excluding carboxylic acids is 1. The quantitative estimate of drug-likeness (QED) is 0.430. The van der Waals surface area contributed by atoms with Crippen LogP contribution in [0.5, 0.6) is 0 Å². The molecular weight excluding hydrogens is 118 g/mol. The molecule has 0 bridgehead atoms. The molecule has 1 N–H and O–H groups in total. The summed E-state index contributed by atoms with van der Waals surface area (Å²) in [4.78, 5) is 16.4. The fourth-order valence-electron chi connectivity index (χ4n) is 0.274. The first kappa shape index (κ1) is 7.76. The molecule has 0 atom stereocenters. The summed E-state index contributed by atoms with van der Waals surface area (Å²) in [5.41, 5.74) is -0.872. The van der Waals surface area contributed by atoms with Gasteiger partial charge in [0.2, 0.25) is 6.08 Å². The largest absolute Gasteiger partial charge is 0.241 e. The first-order chi connectivity index (χ1) is 4.12. The smallest absolute Gasteiger partial charge is 0.237 e. The van der Waals surface area contributed by atoms with E-state index < -0.39 is 5.66 Å². The number of nitrogens with one attached hydrogen (secondary N) is 1. The Morgan fingerprint density at radius 1 is 1.44 bits per heavy atom. The normalized spacial score (nSPS) is 9.11. The highest BCUT2D eigenvalue weighted by atomic mass is 16.1. The van der Waals surface area contributed by atoms with Gasteiger partial charge in [-0.3, -0.25) is 0 Å². The van der Waals surface area contributed by atoms with Crippen molar-refractivity contribution in [1.82, 2.24) is 0 Å². The SMILES string of the molecule is CC(C)(N=C=N)N=C=O. The summed E-state index contributed by atoms with van der Waals surface area (Å²) in [6.07, 6.45) is 1.35. The Bertz CT molecular complexity index is 164. The average Bonchev–Trinajstić information content (AvgIpc) is 1.64. The van der Waals surface area contributed by atoms with Crippen molar-refractivity contribution in [2.45, 2.75) is 19.5 Å². The van der Waals surface area contributed by atoms with Gasteiger partial charge < -0.3 is 0 Å². The lowest BCUT2D eigenvalue weighted by molar-refractivity contribution is 0.523. The average molecular weight is 125 g/mol. The summed E-state index contributed by atoms with van der Waals surface area (Å²) in [6, 6.07) is 1.80. The number of hydrogen-bond acceptors (Lipinski definition) is 4. The number of nitrogens with zero attached hydrogens (tertiary/aromatic N) is 2. The molecule has 0 unspecified atom stereocenters. The Labute approximate surface area is 52.8 Å². The lowest BCUT2D eigenvalue weighted by Crippen LogP contribution is -2.11. The van der Waals surface area contributed by atoms with Gasteiger partial charge in [-0.05, 0) is 13.8 Å². The maximum atomic E-state index is 9.65. The highest BCUT2D eigenvalue weighted by molar-refractivity contribution is 5.39. The van der Waals surface area contributed by atoms with Gasteiger partial charge in [-0.2, -0.15) is 9.98 Å². The third-order valence-corrected chi connectivity index (χ3v) is 0.649. The minimum Gasteiger partial charge on any atom is -0.241 e. The van der Waals surface area contributed by atoms with Gasteiger partial charge in [-0.15, -0.1) is 0 Å². The highest BCUT2D eigenvalue weighted by Crippen LogP contribution is 2.06. The predicted octanol–water partition coefficient (Wildman–Crippen LogP) is 0.811. The summed E-state index contributed by atoms with van der Waals surface area (Å²) in [5, 5.41) is 6.43. The van der Waals surface area contributed by atoms with Crippen molar-refractivity contribution in [3.8, 4) is 0 Å². The number of hydrogen-bond donors (Lipinski definition) is 1. The molecule has 9 heavy (non-hydrogen) atoms. The number of rotatable bonds is 2. The molecule has 0 aliphatic carbocycles. The fourth-order valence-corrected chi connectivity index (χ4v) is 0.274. The molecule has 0 saturated heterocycles. The van der Waals surface area contributed by atoms with E-state index in [-0.39, 0.29) is 0 Å². The molecule has 0 aromatic rings. The Hall–Kier alpha value is -1.24. The van der Waals surface area contributed by atoms with Crippen molar-refractivity contribution in [1.29, 1.82) is 5.41 Å². The molecule has 0 fully saturated rings.